The molecule has 18 aromatic rings. The van der Waals surface area contributed by atoms with Gasteiger partial charge in [-0.1, -0.05) is 224 Å². The van der Waals surface area contributed by atoms with Crippen LogP contribution in [0.5, 0.6) is 0 Å². The Balaban J connectivity index is 0.747. The van der Waals surface area contributed by atoms with Crippen LogP contribution >= 0.6 is 22.7 Å². The monoisotopic (exact) mass is 1130 g/mol. The number of hydrogen-bond donors (Lipinski definition) is 0. The molecule has 4 aromatic heterocycles. The maximum absolute atomic E-state index is 5.36. The van der Waals surface area contributed by atoms with Crippen molar-refractivity contribution in [2.24, 2.45) is 0 Å². The molecule has 0 radical (unpaired) electrons. The van der Waals surface area contributed by atoms with E-state index in [4.69, 9.17) is 29.9 Å². The fourth-order valence-corrected chi connectivity index (χ4v) is 15.4. The van der Waals surface area contributed by atoms with Crippen molar-refractivity contribution in [2.45, 2.75) is 0 Å². The summed E-state index contributed by atoms with van der Waals surface area (Å²) in [4.78, 5) is 31.6. The standard InChI is InChI=1S/C78H44N6S2/c1-3-15-46(16-4-1)73-79-75(52-33-35-57-51(40-52)32-38-64-62-25-13-14-26-69(62)85-71(57)64)83-78(82-73)68-43-54-39-48(30-34-56(54)59-22-10-12-24-61(59)68)49-31-36-63-65-37-29-45-27-28-53(42-66(45)72(65)86-70(63)44-49)76-80-74(47-17-5-2-6-18-47)81-77(84-76)67-41-50-19-7-8-20-55(50)58-21-9-11-23-60(58)67/h1-44H. The van der Waals surface area contributed by atoms with Crippen molar-refractivity contribution in [1.29, 1.82) is 0 Å². The van der Waals surface area contributed by atoms with Crippen molar-refractivity contribution in [3.05, 3.63) is 267 Å². The third-order valence-corrected chi connectivity index (χ3v) is 19.5. The van der Waals surface area contributed by atoms with Gasteiger partial charge >= 0.3 is 0 Å². The SMILES string of the molecule is c1ccc(-c2nc(-c3ccc4ccc5c6ccc(-c7ccc8c(c7)cc(-c7nc(-c9ccccc9)nc(-c9ccc%10c(ccc%11c%12ccccc%12sc%10%11)c9)n7)c7ccccc78)cc6sc5c4c3)nc(-c3cc4ccccc4c4ccccc34)n2)cc1. The first-order valence-corrected chi connectivity index (χ1v) is 30.4. The summed E-state index contributed by atoms with van der Waals surface area (Å²) in [6.45, 7) is 0. The second-order valence-electron chi connectivity index (χ2n) is 22.1. The first-order chi connectivity index (χ1) is 42.6. The van der Waals surface area contributed by atoms with Gasteiger partial charge in [0.25, 0.3) is 0 Å². The van der Waals surface area contributed by atoms with E-state index in [0.717, 1.165) is 82.2 Å². The Kier molecular flexibility index (Phi) is 10.9. The van der Waals surface area contributed by atoms with Crippen LogP contribution in [0.1, 0.15) is 0 Å². The molecular formula is C78H44N6S2. The van der Waals surface area contributed by atoms with Crippen molar-refractivity contribution < 1.29 is 0 Å². The number of hydrogen-bond acceptors (Lipinski definition) is 8. The maximum Gasteiger partial charge on any atom is 0.164 e. The Hall–Kier alpha value is -10.9. The minimum absolute atomic E-state index is 0.630. The Morgan fingerprint density at radius 3 is 1.26 bits per heavy atom. The second-order valence-corrected chi connectivity index (χ2v) is 24.2. The maximum atomic E-state index is 5.36. The molecule has 0 atom stereocenters. The van der Waals surface area contributed by atoms with Crippen LogP contribution in [0.2, 0.25) is 0 Å². The van der Waals surface area contributed by atoms with Crippen LogP contribution in [0.4, 0.5) is 0 Å². The summed E-state index contributed by atoms with van der Waals surface area (Å²) < 4.78 is 5.04. The van der Waals surface area contributed by atoms with E-state index in [-0.39, 0.29) is 0 Å². The van der Waals surface area contributed by atoms with Gasteiger partial charge < -0.3 is 0 Å². The molecule has 6 nitrogen and oxygen atoms in total. The van der Waals surface area contributed by atoms with Crippen LogP contribution < -0.4 is 0 Å². The molecule has 0 amide bonds. The van der Waals surface area contributed by atoms with Crippen LogP contribution in [0.25, 0.3) is 184 Å². The molecule has 398 valence electrons. The van der Waals surface area contributed by atoms with Crippen molar-refractivity contribution in [3.8, 4) is 79.5 Å². The van der Waals surface area contributed by atoms with Crippen LogP contribution in [-0.2, 0) is 0 Å². The molecule has 8 heteroatoms. The van der Waals surface area contributed by atoms with Gasteiger partial charge in [-0.2, -0.15) is 0 Å². The lowest BCUT2D eigenvalue weighted by molar-refractivity contribution is 1.08. The molecule has 0 N–H and O–H groups in total. The lowest BCUT2D eigenvalue weighted by atomic mass is 9.94. The lowest BCUT2D eigenvalue weighted by Crippen LogP contribution is -2.01. The zero-order chi connectivity index (χ0) is 56.4. The third kappa shape index (κ3) is 7.92. The lowest BCUT2D eigenvalue weighted by Gasteiger charge is -2.13. The van der Waals surface area contributed by atoms with Gasteiger partial charge in [-0.15, -0.1) is 22.7 Å². The number of aromatic nitrogens is 6. The molecule has 0 saturated carbocycles. The van der Waals surface area contributed by atoms with E-state index < -0.39 is 0 Å². The predicted molar refractivity (Wildman–Crippen MR) is 362 cm³/mol. The van der Waals surface area contributed by atoms with E-state index in [1.807, 2.05) is 59.1 Å². The minimum Gasteiger partial charge on any atom is -0.208 e. The van der Waals surface area contributed by atoms with Gasteiger partial charge in [0.05, 0.1) is 0 Å². The highest BCUT2D eigenvalue weighted by Crippen LogP contribution is 2.44. The zero-order valence-electron chi connectivity index (χ0n) is 45.9. The number of nitrogens with zero attached hydrogens (tertiary/aromatic N) is 6. The third-order valence-electron chi connectivity index (χ3n) is 17.1. The molecule has 0 saturated heterocycles. The zero-order valence-corrected chi connectivity index (χ0v) is 47.5. The van der Waals surface area contributed by atoms with Crippen LogP contribution in [-0.4, -0.2) is 29.9 Å². The molecule has 14 aromatic carbocycles. The Bertz CT molecular complexity index is 5860. The van der Waals surface area contributed by atoms with Crippen LogP contribution in [0.3, 0.4) is 0 Å². The summed E-state index contributed by atoms with van der Waals surface area (Å²) in [5, 5.41) is 18.9. The smallest absolute Gasteiger partial charge is 0.164 e. The largest absolute Gasteiger partial charge is 0.208 e. The Morgan fingerprint density at radius 2 is 0.581 bits per heavy atom. The highest BCUT2D eigenvalue weighted by molar-refractivity contribution is 7.27. The summed E-state index contributed by atoms with van der Waals surface area (Å²) in [7, 11) is 0. The van der Waals surface area contributed by atoms with E-state index in [1.54, 1.807) is 0 Å². The number of benzene rings is 14. The molecule has 0 bridgehead atoms. The van der Waals surface area contributed by atoms with Crippen molar-refractivity contribution in [2.75, 3.05) is 0 Å². The molecule has 0 aliphatic rings. The minimum atomic E-state index is 0.630. The van der Waals surface area contributed by atoms with Crippen LogP contribution in [0.15, 0.2) is 267 Å². The van der Waals surface area contributed by atoms with Crippen molar-refractivity contribution in [1.82, 2.24) is 29.9 Å². The van der Waals surface area contributed by atoms with Gasteiger partial charge in [0.15, 0.2) is 34.9 Å². The molecule has 0 spiro atoms. The molecule has 0 aliphatic carbocycles. The average Bonchev–Trinajstić information content (AvgIpc) is 2.02. The van der Waals surface area contributed by atoms with Gasteiger partial charge in [-0.25, -0.2) is 29.9 Å². The molecule has 0 aliphatic heterocycles. The number of fused-ring (bicyclic) bond motifs is 16. The molecule has 18 rings (SSSR count). The molecule has 4 heterocycles. The van der Waals surface area contributed by atoms with Crippen molar-refractivity contribution >= 4 is 128 Å². The van der Waals surface area contributed by atoms with Gasteiger partial charge in [-0.3, -0.25) is 0 Å². The van der Waals surface area contributed by atoms with E-state index in [2.05, 4.69) is 231 Å². The first kappa shape index (κ1) is 48.6. The normalized spacial score (nSPS) is 12.0. The van der Waals surface area contributed by atoms with E-state index >= 15 is 0 Å². The van der Waals surface area contributed by atoms with E-state index in [0.29, 0.717) is 34.9 Å². The molecule has 0 unspecified atom stereocenters. The molecule has 86 heavy (non-hydrogen) atoms. The quantitative estimate of drug-likeness (QED) is 0.148. The fourth-order valence-electron chi connectivity index (χ4n) is 12.9. The Morgan fingerprint density at radius 1 is 0.186 bits per heavy atom. The van der Waals surface area contributed by atoms with Crippen molar-refractivity contribution in [3.63, 3.8) is 0 Å². The summed E-state index contributed by atoms with van der Waals surface area (Å²) in [6, 6.07) is 95.4. The summed E-state index contributed by atoms with van der Waals surface area (Å²) in [5.41, 5.74) is 7.96. The second kappa shape index (κ2) is 19.3. The topological polar surface area (TPSA) is 77.3 Å². The average molecular weight is 1130 g/mol. The fraction of sp³-hybridized carbons (Fsp3) is 0. The van der Waals surface area contributed by atoms with Gasteiger partial charge in [0.1, 0.15) is 0 Å². The first-order valence-electron chi connectivity index (χ1n) is 28.8. The highest BCUT2D eigenvalue weighted by atomic mass is 32.1. The van der Waals surface area contributed by atoms with E-state index in [9.17, 15) is 0 Å². The predicted octanol–water partition coefficient (Wildman–Crippen LogP) is 21.4. The Labute approximate surface area is 500 Å². The van der Waals surface area contributed by atoms with Gasteiger partial charge in [0, 0.05) is 79.1 Å². The van der Waals surface area contributed by atoms with E-state index in [1.165, 1.54) is 67.3 Å². The number of thiophene rings is 2. The summed E-state index contributed by atoms with van der Waals surface area (Å²) in [6.07, 6.45) is 0. The molecular weight excluding hydrogens is 1090 g/mol. The summed E-state index contributed by atoms with van der Waals surface area (Å²) >= 11 is 3.69. The number of rotatable bonds is 7. The summed E-state index contributed by atoms with van der Waals surface area (Å²) in [5.74, 6) is 3.81. The van der Waals surface area contributed by atoms with Gasteiger partial charge in [0.2, 0.25) is 0 Å². The van der Waals surface area contributed by atoms with Crippen LogP contribution in [0, 0.1) is 0 Å². The highest BCUT2D eigenvalue weighted by Gasteiger charge is 2.21. The molecule has 0 fully saturated rings. The van der Waals surface area contributed by atoms with Gasteiger partial charge in [-0.05, 0) is 113 Å².